The molecule has 15 heavy (non-hydrogen) atoms. The van der Waals surface area contributed by atoms with Gasteiger partial charge in [-0.3, -0.25) is 16.3 Å². The Kier molecular flexibility index (Phi) is 4.72. The van der Waals surface area contributed by atoms with Crippen LogP contribution < -0.4 is 11.3 Å². The van der Waals surface area contributed by atoms with Gasteiger partial charge in [0, 0.05) is 11.9 Å². The van der Waals surface area contributed by atoms with Crippen molar-refractivity contribution in [3.8, 4) is 0 Å². The molecule has 1 aromatic rings. The molecule has 3 heteroatoms. The van der Waals surface area contributed by atoms with Gasteiger partial charge in [0.1, 0.15) is 0 Å². The topological polar surface area (TPSA) is 50.9 Å². The Balaban J connectivity index is 2.87. The molecule has 0 aromatic carbocycles. The first-order chi connectivity index (χ1) is 7.20. The molecule has 1 rings (SSSR count). The van der Waals surface area contributed by atoms with Crippen LogP contribution in [0, 0.1) is 12.8 Å². The minimum atomic E-state index is 0.207. The number of aryl methyl sites for hydroxylation is 1. The van der Waals surface area contributed by atoms with Crippen LogP contribution in [0.5, 0.6) is 0 Å². The predicted octanol–water partition coefficient (Wildman–Crippen LogP) is 2.33. The highest BCUT2D eigenvalue weighted by Gasteiger charge is 2.18. The molecule has 0 amide bonds. The zero-order chi connectivity index (χ0) is 11.3. The van der Waals surface area contributed by atoms with Crippen LogP contribution in [0.3, 0.4) is 0 Å². The number of hydrazine groups is 1. The molecule has 0 fully saturated rings. The molecule has 2 unspecified atom stereocenters. The highest BCUT2D eigenvalue weighted by molar-refractivity contribution is 5.22. The highest BCUT2D eigenvalue weighted by atomic mass is 15.2. The van der Waals surface area contributed by atoms with Crippen LogP contribution in [-0.4, -0.2) is 4.98 Å². The molecule has 0 saturated carbocycles. The number of aromatic nitrogens is 1. The average Bonchev–Trinajstić information content (AvgIpc) is 2.22. The summed E-state index contributed by atoms with van der Waals surface area (Å²) in [5.41, 5.74) is 5.17. The van der Waals surface area contributed by atoms with E-state index in [1.165, 1.54) is 18.4 Å². The fourth-order valence-corrected chi connectivity index (χ4v) is 2.01. The van der Waals surface area contributed by atoms with Crippen LogP contribution in [0.4, 0.5) is 0 Å². The highest BCUT2D eigenvalue weighted by Crippen LogP contribution is 2.25. The van der Waals surface area contributed by atoms with E-state index in [-0.39, 0.29) is 6.04 Å². The molecule has 3 nitrogen and oxygen atoms in total. The van der Waals surface area contributed by atoms with E-state index in [1.807, 2.05) is 19.2 Å². The molecule has 0 saturated heterocycles. The first-order valence-electron chi connectivity index (χ1n) is 5.58. The largest absolute Gasteiger partial charge is 0.271 e. The Morgan fingerprint density at radius 3 is 2.80 bits per heavy atom. The van der Waals surface area contributed by atoms with E-state index in [4.69, 9.17) is 5.84 Å². The SMILES string of the molecule is CCCC(C)C(NN)c1cccnc1C. The average molecular weight is 207 g/mol. The molecular formula is C12H21N3. The van der Waals surface area contributed by atoms with Crippen LogP contribution in [0.1, 0.15) is 44.0 Å². The van der Waals surface area contributed by atoms with Crippen LogP contribution in [0.15, 0.2) is 18.3 Å². The molecule has 3 N–H and O–H groups in total. The van der Waals surface area contributed by atoms with Crippen molar-refractivity contribution in [1.82, 2.24) is 10.4 Å². The van der Waals surface area contributed by atoms with Gasteiger partial charge in [-0.15, -0.1) is 0 Å². The molecule has 2 atom stereocenters. The van der Waals surface area contributed by atoms with Crippen molar-refractivity contribution in [2.24, 2.45) is 11.8 Å². The summed E-state index contributed by atoms with van der Waals surface area (Å²) in [4.78, 5) is 4.29. The van der Waals surface area contributed by atoms with Crippen molar-refractivity contribution in [2.75, 3.05) is 0 Å². The molecule has 1 heterocycles. The number of nitrogens with two attached hydrogens (primary N) is 1. The Morgan fingerprint density at radius 2 is 2.27 bits per heavy atom. The van der Waals surface area contributed by atoms with E-state index in [0.29, 0.717) is 5.92 Å². The van der Waals surface area contributed by atoms with Crippen LogP contribution in [0.25, 0.3) is 0 Å². The summed E-state index contributed by atoms with van der Waals surface area (Å²) < 4.78 is 0. The molecule has 84 valence electrons. The summed E-state index contributed by atoms with van der Waals surface area (Å²) >= 11 is 0. The molecular weight excluding hydrogens is 186 g/mol. The Labute approximate surface area is 92.1 Å². The van der Waals surface area contributed by atoms with Gasteiger partial charge >= 0.3 is 0 Å². The van der Waals surface area contributed by atoms with E-state index < -0.39 is 0 Å². The van der Waals surface area contributed by atoms with E-state index in [0.717, 1.165) is 5.69 Å². The van der Waals surface area contributed by atoms with Crippen LogP contribution >= 0.6 is 0 Å². The lowest BCUT2D eigenvalue weighted by Crippen LogP contribution is -2.33. The van der Waals surface area contributed by atoms with Gasteiger partial charge in [0.15, 0.2) is 0 Å². The quantitative estimate of drug-likeness (QED) is 0.575. The monoisotopic (exact) mass is 207 g/mol. The first-order valence-corrected chi connectivity index (χ1v) is 5.58. The number of rotatable bonds is 5. The molecule has 0 aliphatic heterocycles. The Hall–Kier alpha value is -0.930. The van der Waals surface area contributed by atoms with E-state index >= 15 is 0 Å². The third kappa shape index (κ3) is 3.01. The zero-order valence-corrected chi connectivity index (χ0v) is 9.83. The number of pyridine rings is 1. The number of hydrogen-bond acceptors (Lipinski definition) is 3. The standard InChI is InChI=1S/C12H21N3/c1-4-6-9(2)12(15-13)11-7-5-8-14-10(11)3/h5,7-9,12,15H,4,6,13H2,1-3H3. The minimum Gasteiger partial charge on any atom is -0.271 e. The van der Waals surface area contributed by atoms with Crippen molar-refractivity contribution in [2.45, 2.75) is 39.7 Å². The molecule has 0 spiro atoms. The minimum absolute atomic E-state index is 0.207. The summed E-state index contributed by atoms with van der Waals surface area (Å²) in [5, 5.41) is 0. The van der Waals surface area contributed by atoms with Crippen molar-refractivity contribution in [3.05, 3.63) is 29.6 Å². The molecule has 0 bridgehead atoms. The fourth-order valence-electron chi connectivity index (χ4n) is 2.01. The summed E-state index contributed by atoms with van der Waals surface area (Å²) in [7, 11) is 0. The summed E-state index contributed by atoms with van der Waals surface area (Å²) in [6.07, 6.45) is 4.17. The van der Waals surface area contributed by atoms with Crippen molar-refractivity contribution >= 4 is 0 Å². The fraction of sp³-hybridized carbons (Fsp3) is 0.583. The van der Waals surface area contributed by atoms with E-state index in [1.54, 1.807) is 0 Å². The maximum absolute atomic E-state index is 5.63. The van der Waals surface area contributed by atoms with Gasteiger partial charge in [-0.25, -0.2) is 0 Å². The zero-order valence-electron chi connectivity index (χ0n) is 9.83. The van der Waals surface area contributed by atoms with Gasteiger partial charge in [-0.05, 0) is 30.9 Å². The Morgan fingerprint density at radius 1 is 1.53 bits per heavy atom. The maximum atomic E-state index is 5.63. The van der Waals surface area contributed by atoms with Gasteiger partial charge in [-0.1, -0.05) is 26.3 Å². The maximum Gasteiger partial charge on any atom is 0.0503 e. The van der Waals surface area contributed by atoms with Gasteiger partial charge in [0.05, 0.1) is 6.04 Å². The van der Waals surface area contributed by atoms with Gasteiger partial charge < -0.3 is 0 Å². The summed E-state index contributed by atoms with van der Waals surface area (Å²) in [6, 6.07) is 4.27. The van der Waals surface area contributed by atoms with Gasteiger partial charge in [0.25, 0.3) is 0 Å². The molecule has 0 aliphatic carbocycles. The summed E-state index contributed by atoms with van der Waals surface area (Å²) in [6.45, 7) is 6.44. The number of hydrogen-bond donors (Lipinski definition) is 2. The van der Waals surface area contributed by atoms with Crippen molar-refractivity contribution in [3.63, 3.8) is 0 Å². The molecule has 1 aromatic heterocycles. The smallest absolute Gasteiger partial charge is 0.0503 e. The second-order valence-corrected chi connectivity index (χ2v) is 4.09. The van der Waals surface area contributed by atoms with Crippen molar-refractivity contribution in [1.29, 1.82) is 0 Å². The van der Waals surface area contributed by atoms with E-state index in [2.05, 4.69) is 30.3 Å². The lowest BCUT2D eigenvalue weighted by molar-refractivity contribution is 0.366. The normalized spacial score (nSPS) is 14.9. The van der Waals surface area contributed by atoms with Crippen molar-refractivity contribution < 1.29 is 0 Å². The lowest BCUT2D eigenvalue weighted by Gasteiger charge is -2.24. The number of nitrogens with zero attached hydrogens (tertiary/aromatic N) is 1. The Bertz CT molecular complexity index is 299. The van der Waals surface area contributed by atoms with Gasteiger partial charge in [0.2, 0.25) is 0 Å². The summed E-state index contributed by atoms with van der Waals surface area (Å²) in [5.74, 6) is 6.16. The lowest BCUT2D eigenvalue weighted by atomic mass is 9.91. The first kappa shape index (κ1) is 12.1. The third-order valence-corrected chi connectivity index (χ3v) is 2.88. The molecule has 0 aliphatic rings. The number of nitrogens with one attached hydrogen (secondary N) is 1. The van der Waals surface area contributed by atoms with Crippen LogP contribution in [-0.2, 0) is 0 Å². The van der Waals surface area contributed by atoms with Gasteiger partial charge in [-0.2, -0.15) is 0 Å². The third-order valence-electron chi connectivity index (χ3n) is 2.88. The van der Waals surface area contributed by atoms with E-state index in [9.17, 15) is 0 Å². The van der Waals surface area contributed by atoms with Crippen LogP contribution in [0.2, 0.25) is 0 Å². The molecule has 0 radical (unpaired) electrons. The second-order valence-electron chi connectivity index (χ2n) is 4.09. The second kappa shape index (κ2) is 5.83. The predicted molar refractivity (Wildman–Crippen MR) is 63.1 cm³/mol.